The van der Waals surface area contributed by atoms with E-state index in [9.17, 15) is 0 Å². The number of halogens is 2. The molecular weight excluding hydrogens is 352 g/mol. The quantitative estimate of drug-likeness (QED) is 0.738. The van der Waals surface area contributed by atoms with Gasteiger partial charge in [0, 0.05) is 15.9 Å². The highest BCUT2D eigenvalue weighted by molar-refractivity contribution is 9.10. The lowest BCUT2D eigenvalue weighted by molar-refractivity contribution is -0.0390. The van der Waals surface area contributed by atoms with Crippen LogP contribution in [0, 0.1) is 0 Å². The number of ether oxygens (including phenoxy) is 2. The van der Waals surface area contributed by atoms with Gasteiger partial charge in [-0.15, -0.1) is 0 Å². The summed E-state index contributed by atoms with van der Waals surface area (Å²) in [6.07, 6.45) is 2.76. The standard InChI is InChI=1S/C17H16BrClO2/c18-14-5-8-16(19)13(11-14)10-12-3-6-15(7-4-12)21-17-2-1-9-20-17/h3-8,11,17H,1-2,9-10H2. The summed E-state index contributed by atoms with van der Waals surface area (Å²) in [4.78, 5) is 0. The fourth-order valence-electron chi connectivity index (χ4n) is 2.38. The van der Waals surface area contributed by atoms with Crippen molar-refractivity contribution in [3.05, 3.63) is 63.1 Å². The summed E-state index contributed by atoms with van der Waals surface area (Å²) >= 11 is 9.71. The van der Waals surface area contributed by atoms with Gasteiger partial charge in [-0.05, 0) is 54.3 Å². The molecule has 1 atom stereocenters. The van der Waals surface area contributed by atoms with E-state index in [1.54, 1.807) is 0 Å². The van der Waals surface area contributed by atoms with Crippen molar-refractivity contribution < 1.29 is 9.47 Å². The van der Waals surface area contributed by atoms with Crippen LogP contribution in [0.3, 0.4) is 0 Å². The first-order chi connectivity index (χ1) is 10.2. The fraction of sp³-hybridized carbons (Fsp3) is 0.294. The van der Waals surface area contributed by atoms with E-state index < -0.39 is 0 Å². The van der Waals surface area contributed by atoms with Crippen LogP contribution >= 0.6 is 27.5 Å². The molecular formula is C17H16BrClO2. The highest BCUT2D eigenvalue weighted by Gasteiger charge is 2.16. The van der Waals surface area contributed by atoms with E-state index in [1.165, 1.54) is 5.56 Å². The van der Waals surface area contributed by atoms with Crippen LogP contribution in [0.25, 0.3) is 0 Å². The molecule has 0 aliphatic carbocycles. The van der Waals surface area contributed by atoms with Crippen LogP contribution in [-0.2, 0) is 11.2 Å². The lowest BCUT2D eigenvalue weighted by Gasteiger charge is -2.13. The third-order valence-corrected chi connectivity index (χ3v) is 4.34. The normalized spacial score (nSPS) is 17.9. The Hall–Kier alpha value is -1.03. The van der Waals surface area contributed by atoms with Crippen molar-refractivity contribution in [1.29, 1.82) is 0 Å². The molecule has 3 rings (SSSR count). The lowest BCUT2D eigenvalue weighted by Crippen LogP contribution is -2.13. The van der Waals surface area contributed by atoms with Crippen molar-refractivity contribution in [2.24, 2.45) is 0 Å². The smallest absolute Gasteiger partial charge is 0.199 e. The number of hydrogen-bond donors (Lipinski definition) is 0. The molecule has 2 aromatic carbocycles. The molecule has 0 N–H and O–H groups in total. The van der Waals surface area contributed by atoms with Gasteiger partial charge in [-0.1, -0.05) is 39.7 Å². The second-order valence-corrected chi connectivity index (χ2v) is 6.44. The van der Waals surface area contributed by atoms with Crippen LogP contribution in [0.15, 0.2) is 46.9 Å². The van der Waals surface area contributed by atoms with Crippen LogP contribution in [0.4, 0.5) is 0 Å². The molecule has 1 aliphatic rings. The Bertz CT molecular complexity index is 607. The van der Waals surface area contributed by atoms with Gasteiger partial charge in [-0.25, -0.2) is 0 Å². The molecule has 0 radical (unpaired) electrons. The van der Waals surface area contributed by atoms with Crippen LogP contribution in [0.5, 0.6) is 5.75 Å². The van der Waals surface area contributed by atoms with E-state index in [2.05, 4.69) is 34.1 Å². The molecule has 1 saturated heterocycles. The van der Waals surface area contributed by atoms with E-state index in [1.807, 2.05) is 24.3 Å². The Morgan fingerprint density at radius 3 is 2.71 bits per heavy atom. The number of hydrogen-bond acceptors (Lipinski definition) is 2. The zero-order chi connectivity index (χ0) is 14.7. The van der Waals surface area contributed by atoms with Gasteiger partial charge in [0.25, 0.3) is 0 Å². The first kappa shape index (κ1) is 14.9. The molecule has 0 aromatic heterocycles. The number of benzene rings is 2. The van der Waals surface area contributed by atoms with E-state index in [0.717, 1.165) is 46.7 Å². The maximum atomic E-state index is 6.23. The Kier molecular flexibility index (Phi) is 4.84. The number of rotatable bonds is 4. The SMILES string of the molecule is Clc1ccc(Br)cc1Cc1ccc(OC2CCCO2)cc1. The van der Waals surface area contributed by atoms with Crippen molar-refractivity contribution in [2.75, 3.05) is 6.61 Å². The molecule has 1 fully saturated rings. The molecule has 1 unspecified atom stereocenters. The summed E-state index contributed by atoms with van der Waals surface area (Å²) in [5.41, 5.74) is 2.31. The molecule has 1 aliphatic heterocycles. The van der Waals surface area contributed by atoms with E-state index >= 15 is 0 Å². The van der Waals surface area contributed by atoms with Crippen molar-refractivity contribution in [3.8, 4) is 5.75 Å². The topological polar surface area (TPSA) is 18.5 Å². The van der Waals surface area contributed by atoms with Crippen LogP contribution < -0.4 is 4.74 Å². The van der Waals surface area contributed by atoms with Gasteiger partial charge in [-0.2, -0.15) is 0 Å². The second-order valence-electron chi connectivity index (χ2n) is 5.12. The molecule has 2 nitrogen and oxygen atoms in total. The molecule has 0 spiro atoms. The molecule has 0 saturated carbocycles. The summed E-state index contributed by atoms with van der Waals surface area (Å²) < 4.78 is 12.3. The van der Waals surface area contributed by atoms with Gasteiger partial charge in [-0.3, -0.25) is 0 Å². The molecule has 21 heavy (non-hydrogen) atoms. The summed E-state index contributed by atoms with van der Waals surface area (Å²) in [5.74, 6) is 0.853. The predicted molar refractivity (Wildman–Crippen MR) is 88.0 cm³/mol. The molecule has 4 heteroatoms. The first-order valence-corrected chi connectivity index (χ1v) is 8.19. The van der Waals surface area contributed by atoms with Gasteiger partial charge < -0.3 is 9.47 Å². The second kappa shape index (κ2) is 6.82. The lowest BCUT2D eigenvalue weighted by atomic mass is 10.1. The average molecular weight is 368 g/mol. The zero-order valence-electron chi connectivity index (χ0n) is 11.5. The Morgan fingerprint density at radius 2 is 2.00 bits per heavy atom. The molecule has 1 heterocycles. The van der Waals surface area contributed by atoms with Gasteiger partial charge >= 0.3 is 0 Å². The average Bonchev–Trinajstić information content (AvgIpc) is 2.98. The molecule has 0 amide bonds. The Labute approximate surface area is 138 Å². The zero-order valence-corrected chi connectivity index (χ0v) is 13.9. The van der Waals surface area contributed by atoms with Crippen molar-refractivity contribution in [3.63, 3.8) is 0 Å². The fourth-order valence-corrected chi connectivity index (χ4v) is 2.97. The Morgan fingerprint density at radius 1 is 1.19 bits per heavy atom. The summed E-state index contributed by atoms with van der Waals surface area (Å²) in [7, 11) is 0. The van der Waals surface area contributed by atoms with Crippen LogP contribution in [-0.4, -0.2) is 12.9 Å². The monoisotopic (exact) mass is 366 g/mol. The largest absolute Gasteiger partial charge is 0.465 e. The van der Waals surface area contributed by atoms with Gasteiger partial charge in [0.05, 0.1) is 6.61 Å². The van der Waals surface area contributed by atoms with E-state index in [-0.39, 0.29) is 6.29 Å². The van der Waals surface area contributed by atoms with Crippen molar-refractivity contribution >= 4 is 27.5 Å². The van der Waals surface area contributed by atoms with Crippen LogP contribution in [0.2, 0.25) is 5.02 Å². The summed E-state index contributed by atoms with van der Waals surface area (Å²) in [6, 6.07) is 14.0. The first-order valence-electron chi connectivity index (χ1n) is 7.02. The third-order valence-electron chi connectivity index (χ3n) is 3.48. The molecule has 2 aromatic rings. The Balaban J connectivity index is 1.67. The minimum absolute atomic E-state index is 0.0876. The maximum absolute atomic E-state index is 6.23. The van der Waals surface area contributed by atoms with Gasteiger partial charge in [0.15, 0.2) is 6.29 Å². The van der Waals surface area contributed by atoms with Crippen molar-refractivity contribution in [2.45, 2.75) is 25.6 Å². The third kappa shape index (κ3) is 4.00. The highest BCUT2D eigenvalue weighted by atomic mass is 79.9. The minimum Gasteiger partial charge on any atom is -0.465 e. The minimum atomic E-state index is -0.0876. The van der Waals surface area contributed by atoms with Gasteiger partial charge in [0.2, 0.25) is 0 Å². The van der Waals surface area contributed by atoms with Crippen molar-refractivity contribution in [1.82, 2.24) is 0 Å². The maximum Gasteiger partial charge on any atom is 0.199 e. The molecule has 110 valence electrons. The molecule has 0 bridgehead atoms. The summed E-state index contributed by atoms with van der Waals surface area (Å²) in [6.45, 7) is 0.796. The summed E-state index contributed by atoms with van der Waals surface area (Å²) in [5, 5.41) is 0.790. The van der Waals surface area contributed by atoms with E-state index in [4.69, 9.17) is 21.1 Å². The van der Waals surface area contributed by atoms with E-state index in [0.29, 0.717) is 0 Å². The highest BCUT2D eigenvalue weighted by Crippen LogP contribution is 2.25. The van der Waals surface area contributed by atoms with Gasteiger partial charge in [0.1, 0.15) is 5.75 Å². The van der Waals surface area contributed by atoms with Crippen LogP contribution in [0.1, 0.15) is 24.0 Å². The predicted octanol–water partition coefficient (Wildman–Crippen LogP) is 5.21.